The fourth-order valence-corrected chi connectivity index (χ4v) is 0.829. The van der Waals surface area contributed by atoms with Crippen molar-refractivity contribution in [1.29, 1.82) is 0 Å². The number of hydrazine groups is 1. The zero-order chi connectivity index (χ0) is 10.4. The molecule has 0 fully saturated rings. The van der Waals surface area contributed by atoms with Gasteiger partial charge in [-0.3, -0.25) is 20.0 Å². The molecule has 0 radical (unpaired) electrons. The third-order valence-electron chi connectivity index (χ3n) is 1.54. The summed E-state index contributed by atoms with van der Waals surface area (Å²) in [6.45, 7) is 0.273. The number of carbonyl (C=O) groups is 2. The first-order valence-electron chi connectivity index (χ1n) is 3.91. The Hall–Kier alpha value is -1.95. The van der Waals surface area contributed by atoms with Crippen molar-refractivity contribution in [2.75, 3.05) is 0 Å². The summed E-state index contributed by atoms with van der Waals surface area (Å²) in [6.07, 6.45) is 3.20. The van der Waals surface area contributed by atoms with Crippen molar-refractivity contribution < 1.29 is 9.59 Å². The van der Waals surface area contributed by atoms with Gasteiger partial charge in [-0.05, 0) is 17.7 Å². The van der Waals surface area contributed by atoms with E-state index in [2.05, 4.69) is 10.3 Å². The molecular formula is C8H10N4O2. The summed E-state index contributed by atoms with van der Waals surface area (Å²) in [7, 11) is 0. The zero-order valence-electron chi connectivity index (χ0n) is 7.36. The van der Waals surface area contributed by atoms with E-state index in [0.717, 1.165) is 5.56 Å². The maximum absolute atomic E-state index is 10.9. The van der Waals surface area contributed by atoms with Gasteiger partial charge in [-0.2, -0.15) is 0 Å². The van der Waals surface area contributed by atoms with Crippen molar-refractivity contribution in [3.63, 3.8) is 0 Å². The lowest BCUT2D eigenvalue weighted by Gasteiger charge is -2.02. The SMILES string of the molecule is NNC(=O)C(=O)NCc1ccncc1. The molecule has 6 heteroatoms. The van der Waals surface area contributed by atoms with E-state index in [1.165, 1.54) is 0 Å². The predicted molar refractivity (Wildman–Crippen MR) is 48.4 cm³/mol. The van der Waals surface area contributed by atoms with E-state index in [-0.39, 0.29) is 6.54 Å². The van der Waals surface area contributed by atoms with E-state index in [1.54, 1.807) is 30.0 Å². The van der Waals surface area contributed by atoms with Crippen molar-refractivity contribution in [3.8, 4) is 0 Å². The molecule has 0 saturated heterocycles. The van der Waals surface area contributed by atoms with E-state index >= 15 is 0 Å². The molecule has 1 rings (SSSR count). The Morgan fingerprint density at radius 3 is 2.50 bits per heavy atom. The summed E-state index contributed by atoms with van der Waals surface area (Å²) < 4.78 is 0. The number of nitrogens with zero attached hydrogens (tertiary/aromatic N) is 1. The highest BCUT2D eigenvalue weighted by Crippen LogP contribution is 1.94. The number of rotatable bonds is 2. The second-order valence-corrected chi connectivity index (χ2v) is 2.51. The number of hydrogen-bond acceptors (Lipinski definition) is 4. The molecule has 74 valence electrons. The summed E-state index contributed by atoms with van der Waals surface area (Å²) in [6, 6.07) is 3.47. The maximum atomic E-state index is 10.9. The van der Waals surface area contributed by atoms with Crippen LogP contribution in [0.3, 0.4) is 0 Å². The van der Waals surface area contributed by atoms with Gasteiger partial charge in [0.05, 0.1) is 0 Å². The fraction of sp³-hybridized carbons (Fsp3) is 0.125. The summed E-state index contributed by atoms with van der Waals surface area (Å²) >= 11 is 0. The van der Waals surface area contributed by atoms with Gasteiger partial charge in [0, 0.05) is 18.9 Å². The van der Waals surface area contributed by atoms with Crippen molar-refractivity contribution in [1.82, 2.24) is 15.7 Å². The Morgan fingerprint density at radius 2 is 1.93 bits per heavy atom. The van der Waals surface area contributed by atoms with Gasteiger partial charge in [-0.1, -0.05) is 0 Å². The van der Waals surface area contributed by atoms with Gasteiger partial charge in [0.25, 0.3) is 0 Å². The summed E-state index contributed by atoms with van der Waals surface area (Å²) in [5, 5.41) is 2.39. The number of carbonyl (C=O) groups excluding carboxylic acids is 2. The van der Waals surface area contributed by atoms with E-state index in [0.29, 0.717) is 0 Å². The van der Waals surface area contributed by atoms with Crippen LogP contribution in [-0.4, -0.2) is 16.8 Å². The molecule has 6 nitrogen and oxygen atoms in total. The highest BCUT2D eigenvalue weighted by Gasteiger charge is 2.09. The molecule has 0 atom stereocenters. The van der Waals surface area contributed by atoms with Crippen LogP contribution in [0.25, 0.3) is 0 Å². The van der Waals surface area contributed by atoms with Gasteiger partial charge in [0.2, 0.25) is 0 Å². The van der Waals surface area contributed by atoms with Crippen LogP contribution in [-0.2, 0) is 16.1 Å². The number of hydrogen-bond donors (Lipinski definition) is 3. The molecule has 14 heavy (non-hydrogen) atoms. The molecule has 0 spiro atoms. The third kappa shape index (κ3) is 2.83. The van der Waals surface area contributed by atoms with Crippen LogP contribution in [0.15, 0.2) is 24.5 Å². The number of pyridine rings is 1. The van der Waals surface area contributed by atoms with Crippen LogP contribution >= 0.6 is 0 Å². The Labute approximate surface area is 80.5 Å². The minimum atomic E-state index is -0.862. The molecule has 1 aromatic rings. The molecule has 0 aromatic carbocycles. The molecule has 2 amide bonds. The molecule has 0 bridgehead atoms. The van der Waals surface area contributed by atoms with Gasteiger partial charge in [0.1, 0.15) is 0 Å². The first-order chi connectivity index (χ1) is 6.74. The summed E-state index contributed by atoms with van der Waals surface area (Å²) in [4.78, 5) is 25.4. The maximum Gasteiger partial charge on any atom is 0.323 e. The van der Waals surface area contributed by atoms with E-state index in [9.17, 15) is 9.59 Å². The second kappa shape index (κ2) is 4.93. The predicted octanol–water partition coefficient (Wildman–Crippen LogP) is -1.31. The first kappa shape index (κ1) is 10.1. The number of nitrogens with one attached hydrogen (secondary N) is 2. The molecular weight excluding hydrogens is 184 g/mol. The smallest absolute Gasteiger partial charge is 0.323 e. The molecule has 1 heterocycles. The van der Waals surface area contributed by atoms with E-state index < -0.39 is 11.8 Å². The number of amides is 2. The van der Waals surface area contributed by atoms with Crippen LogP contribution in [0.4, 0.5) is 0 Å². The second-order valence-electron chi connectivity index (χ2n) is 2.51. The van der Waals surface area contributed by atoms with Crippen LogP contribution in [0.1, 0.15) is 5.56 Å². The lowest BCUT2D eigenvalue weighted by atomic mass is 10.3. The van der Waals surface area contributed by atoms with Gasteiger partial charge >= 0.3 is 11.8 Å². The van der Waals surface area contributed by atoms with Crippen molar-refractivity contribution in [2.45, 2.75) is 6.54 Å². The normalized spacial score (nSPS) is 9.21. The standard InChI is InChI=1S/C8H10N4O2/c9-12-8(14)7(13)11-5-6-1-3-10-4-2-6/h1-4H,5,9H2,(H,11,13)(H,12,14). The largest absolute Gasteiger partial charge is 0.344 e. The Balaban J connectivity index is 2.42. The highest BCUT2D eigenvalue weighted by atomic mass is 16.2. The molecule has 0 aliphatic rings. The third-order valence-corrected chi connectivity index (χ3v) is 1.54. The molecule has 0 saturated carbocycles. The van der Waals surface area contributed by atoms with E-state index in [1.807, 2.05) is 0 Å². The summed E-state index contributed by atoms with van der Waals surface area (Å²) in [5.74, 6) is 3.15. The zero-order valence-corrected chi connectivity index (χ0v) is 7.36. The monoisotopic (exact) mass is 194 g/mol. The lowest BCUT2D eigenvalue weighted by molar-refractivity contribution is -0.139. The highest BCUT2D eigenvalue weighted by molar-refractivity contribution is 6.34. The Bertz CT molecular complexity index is 325. The van der Waals surface area contributed by atoms with Crippen molar-refractivity contribution in [3.05, 3.63) is 30.1 Å². The quantitative estimate of drug-likeness (QED) is 0.235. The fourth-order valence-electron chi connectivity index (χ4n) is 0.829. The Kier molecular flexibility index (Phi) is 3.57. The summed E-state index contributed by atoms with van der Waals surface area (Å²) in [5.41, 5.74) is 2.60. The molecule has 1 aromatic heterocycles. The first-order valence-corrected chi connectivity index (χ1v) is 3.91. The van der Waals surface area contributed by atoms with Crippen molar-refractivity contribution >= 4 is 11.8 Å². The van der Waals surface area contributed by atoms with Crippen LogP contribution in [0.2, 0.25) is 0 Å². The van der Waals surface area contributed by atoms with Crippen molar-refractivity contribution in [2.24, 2.45) is 5.84 Å². The van der Waals surface area contributed by atoms with Crippen LogP contribution in [0, 0.1) is 0 Å². The number of nitrogens with two attached hydrogens (primary N) is 1. The average Bonchev–Trinajstić information content (AvgIpc) is 2.26. The Morgan fingerprint density at radius 1 is 1.29 bits per heavy atom. The van der Waals surface area contributed by atoms with Gasteiger partial charge < -0.3 is 5.32 Å². The topological polar surface area (TPSA) is 97.1 Å². The van der Waals surface area contributed by atoms with E-state index in [4.69, 9.17) is 5.84 Å². The van der Waals surface area contributed by atoms with Gasteiger partial charge in [0.15, 0.2) is 0 Å². The minimum Gasteiger partial charge on any atom is -0.344 e. The van der Waals surface area contributed by atoms with Gasteiger partial charge in [-0.25, -0.2) is 5.84 Å². The molecule has 4 N–H and O–H groups in total. The van der Waals surface area contributed by atoms with Gasteiger partial charge in [-0.15, -0.1) is 0 Å². The lowest BCUT2D eigenvalue weighted by Crippen LogP contribution is -2.42. The number of aromatic nitrogens is 1. The van der Waals surface area contributed by atoms with Crippen LogP contribution < -0.4 is 16.6 Å². The average molecular weight is 194 g/mol. The molecule has 0 unspecified atom stereocenters. The molecule has 0 aliphatic heterocycles. The van der Waals surface area contributed by atoms with Crippen LogP contribution in [0.5, 0.6) is 0 Å². The molecule has 0 aliphatic carbocycles. The minimum absolute atomic E-state index is 0.273.